The molecule has 3 unspecified atom stereocenters. The van der Waals surface area contributed by atoms with Gasteiger partial charge in [0.2, 0.25) is 0 Å². The zero-order chi connectivity index (χ0) is 17.1. The fourth-order valence-corrected chi connectivity index (χ4v) is 5.46. The van der Waals surface area contributed by atoms with E-state index in [1.165, 1.54) is 0 Å². The first-order valence-corrected chi connectivity index (χ1v) is 9.39. The Bertz CT molecular complexity index is 813. The summed E-state index contributed by atoms with van der Waals surface area (Å²) in [5, 5.41) is 14.4. The maximum atomic E-state index is 12.9. The molecule has 0 saturated carbocycles. The van der Waals surface area contributed by atoms with Crippen molar-refractivity contribution >= 4 is 16.8 Å². The summed E-state index contributed by atoms with van der Waals surface area (Å²) in [6.45, 7) is 0.823. The number of nitrogens with one attached hydrogen (secondary N) is 1. The molecule has 25 heavy (non-hydrogen) atoms. The van der Waals surface area contributed by atoms with Crippen molar-refractivity contribution in [3.05, 3.63) is 36.0 Å². The van der Waals surface area contributed by atoms with Crippen LogP contribution in [0.25, 0.3) is 10.9 Å². The van der Waals surface area contributed by atoms with Gasteiger partial charge in [0.05, 0.1) is 11.7 Å². The van der Waals surface area contributed by atoms with E-state index in [2.05, 4.69) is 10.2 Å². The number of para-hydroxylation sites is 1. The molecule has 2 aromatic rings. The quantitative estimate of drug-likeness (QED) is 0.879. The van der Waals surface area contributed by atoms with Crippen LogP contribution in [0.2, 0.25) is 0 Å². The smallest absolute Gasteiger partial charge is 0.253 e. The summed E-state index contributed by atoms with van der Waals surface area (Å²) in [6.07, 6.45) is 5.98. The second-order valence-corrected chi connectivity index (χ2v) is 8.12. The van der Waals surface area contributed by atoms with Crippen molar-refractivity contribution in [2.24, 2.45) is 13.0 Å². The number of piperidine rings is 4. The van der Waals surface area contributed by atoms with Gasteiger partial charge in [-0.15, -0.1) is 0 Å². The van der Waals surface area contributed by atoms with Crippen LogP contribution in [0.3, 0.4) is 0 Å². The lowest BCUT2D eigenvalue weighted by Crippen LogP contribution is -2.65. The summed E-state index contributed by atoms with van der Waals surface area (Å²) in [7, 11) is 1.99. The summed E-state index contributed by atoms with van der Waals surface area (Å²) in [5.41, 5.74) is 1.86. The van der Waals surface area contributed by atoms with Gasteiger partial charge in [-0.2, -0.15) is 0 Å². The molecule has 0 radical (unpaired) electrons. The number of benzene rings is 1. The lowest BCUT2D eigenvalue weighted by molar-refractivity contribution is -0.110. The number of fused-ring (bicyclic) bond motifs is 2. The van der Waals surface area contributed by atoms with Crippen molar-refractivity contribution in [3.63, 3.8) is 0 Å². The molecule has 0 spiro atoms. The standard InChI is InChI=1S/C20H25N3O2/c1-22-10-17(16-4-2-3-5-18(16)22)20(25)21-13-8-14-6-12-7-15(9-13)23(14)11-19(12)24/h2-5,10,12-15,19,24H,6-9,11H2,1H3,(H,21,25). The normalized spacial score (nSPS) is 36.6. The summed E-state index contributed by atoms with van der Waals surface area (Å²) < 4.78 is 2.02. The largest absolute Gasteiger partial charge is 0.392 e. The maximum absolute atomic E-state index is 12.9. The van der Waals surface area contributed by atoms with E-state index in [9.17, 15) is 9.90 Å². The molecule has 5 heterocycles. The van der Waals surface area contributed by atoms with Gasteiger partial charge in [0.25, 0.3) is 5.91 Å². The number of carbonyl (C=O) groups excluding carboxylic acids is 1. The minimum Gasteiger partial charge on any atom is -0.392 e. The number of carbonyl (C=O) groups is 1. The zero-order valence-corrected chi connectivity index (χ0v) is 14.6. The Hall–Kier alpha value is -1.85. The maximum Gasteiger partial charge on any atom is 0.253 e. The third-order valence-corrected chi connectivity index (χ3v) is 6.62. The molecule has 1 amide bonds. The topological polar surface area (TPSA) is 57.5 Å². The molecular weight excluding hydrogens is 314 g/mol. The third-order valence-electron chi connectivity index (χ3n) is 6.62. The van der Waals surface area contributed by atoms with E-state index >= 15 is 0 Å². The molecule has 4 aliphatic heterocycles. The van der Waals surface area contributed by atoms with Crippen LogP contribution >= 0.6 is 0 Å². The van der Waals surface area contributed by atoms with Crippen LogP contribution in [-0.4, -0.2) is 51.3 Å². The predicted molar refractivity (Wildman–Crippen MR) is 96.4 cm³/mol. The van der Waals surface area contributed by atoms with E-state index in [1.54, 1.807) is 0 Å². The highest BCUT2D eigenvalue weighted by Gasteiger charge is 2.48. The second-order valence-electron chi connectivity index (χ2n) is 8.12. The molecule has 0 aliphatic carbocycles. The van der Waals surface area contributed by atoms with E-state index in [0.29, 0.717) is 18.0 Å². The number of aryl methyl sites for hydroxylation is 1. The number of nitrogens with zero attached hydrogens (tertiary/aromatic N) is 2. The highest BCUT2D eigenvalue weighted by atomic mass is 16.3. The van der Waals surface area contributed by atoms with Crippen molar-refractivity contribution < 1.29 is 9.90 Å². The van der Waals surface area contributed by atoms with Gasteiger partial charge in [-0.25, -0.2) is 0 Å². The summed E-state index contributed by atoms with van der Waals surface area (Å²) in [4.78, 5) is 15.4. The van der Waals surface area contributed by atoms with Gasteiger partial charge < -0.3 is 15.0 Å². The fourth-order valence-electron chi connectivity index (χ4n) is 5.46. The molecule has 1 aromatic carbocycles. The Morgan fingerprint density at radius 3 is 2.60 bits per heavy atom. The van der Waals surface area contributed by atoms with Crippen molar-refractivity contribution in [1.82, 2.24) is 14.8 Å². The fraction of sp³-hybridized carbons (Fsp3) is 0.550. The molecule has 6 rings (SSSR count). The van der Waals surface area contributed by atoms with Crippen LogP contribution in [0.15, 0.2) is 30.5 Å². The SMILES string of the molecule is Cn1cc(C(=O)NC2CC3CC4CC(C2)N3CC4O)c2ccccc21. The Morgan fingerprint density at radius 1 is 1.16 bits per heavy atom. The van der Waals surface area contributed by atoms with Crippen LogP contribution in [-0.2, 0) is 7.05 Å². The molecular formula is C20H25N3O2. The first kappa shape index (κ1) is 15.4. The van der Waals surface area contributed by atoms with Gasteiger partial charge >= 0.3 is 0 Å². The third kappa shape index (κ3) is 2.41. The molecule has 1 aromatic heterocycles. The van der Waals surface area contributed by atoms with Crippen LogP contribution in [0, 0.1) is 5.92 Å². The first-order chi connectivity index (χ1) is 12.1. The number of hydrogen-bond donors (Lipinski definition) is 2. The van der Waals surface area contributed by atoms with Gasteiger partial charge in [-0.3, -0.25) is 9.69 Å². The lowest BCUT2D eigenvalue weighted by atomic mass is 9.70. The average molecular weight is 339 g/mol. The van der Waals surface area contributed by atoms with Crippen LogP contribution in [0.1, 0.15) is 36.0 Å². The Labute approximate surface area is 147 Å². The van der Waals surface area contributed by atoms with Gasteiger partial charge in [-0.1, -0.05) is 18.2 Å². The van der Waals surface area contributed by atoms with Gasteiger partial charge in [-0.05, 0) is 37.7 Å². The van der Waals surface area contributed by atoms with Gasteiger partial charge in [0.1, 0.15) is 0 Å². The van der Waals surface area contributed by atoms with E-state index in [0.717, 1.165) is 48.7 Å². The lowest BCUT2D eigenvalue weighted by Gasteiger charge is -2.57. The number of hydrogen-bond acceptors (Lipinski definition) is 3. The molecule has 2 N–H and O–H groups in total. The molecule has 4 saturated heterocycles. The Morgan fingerprint density at radius 2 is 1.88 bits per heavy atom. The van der Waals surface area contributed by atoms with Crippen molar-refractivity contribution in [2.75, 3.05) is 6.54 Å². The molecule has 132 valence electrons. The molecule has 5 heteroatoms. The van der Waals surface area contributed by atoms with E-state index in [1.807, 2.05) is 42.1 Å². The summed E-state index contributed by atoms with van der Waals surface area (Å²) in [5.74, 6) is 0.511. The molecule has 4 bridgehead atoms. The van der Waals surface area contributed by atoms with E-state index in [-0.39, 0.29) is 18.1 Å². The number of rotatable bonds is 2. The van der Waals surface area contributed by atoms with Crippen LogP contribution in [0.5, 0.6) is 0 Å². The van der Waals surface area contributed by atoms with E-state index < -0.39 is 0 Å². The highest BCUT2D eigenvalue weighted by molar-refractivity contribution is 6.07. The Balaban J connectivity index is 1.34. The average Bonchev–Trinajstić information content (AvgIpc) is 2.92. The second kappa shape index (κ2) is 5.58. The zero-order valence-electron chi connectivity index (χ0n) is 14.6. The summed E-state index contributed by atoms with van der Waals surface area (Å²) >= 11 is 0. The minimum atomic E-state index is -0.144. The molecule has 4 aliphatic rings. The van der Waals surface area contributed by atoms with Crippen molar-refractivity contribution in [1.29, 1.82) is 0 Å². The van der Waals surface area contributed by atoms with E-state index in [4.69, 9.17) is 0 Å². The molecule has 3 atom stereocenters. The predicted octanol–water partition coefficient (Wildman–Crippen LogP) is 1.89. The first-order valence-electron chi connectivity index (χ1n) is 9.39. The monoisotopic (exact) mass is 339 g/mol. The number of amides is 1. The molecule has 5 nitrogen and oxygen atoms in total. The minimum absolute atomic E-state index is 0.0435. The Kier molecular flexibility index (Phi) is 3.44. The number of aliphatic hydroxyl groups is 1. The summed E-state index contributed by atoms with van der Waals surface area (Å²) in [6, 6.07) is 9.36. The molecule has 4 fully saturated rings. The number of aromatic nitrogens is 1. The van der Waals surface area contributed by atoms with Gasteiger partial charge in [0.15, 0.2) is 0 Å². The van der Waals surface area contributed by atoms with Crippen molar-refractivity contribution in [3.8, 4) is 0 Å². The number of aliphatic hydroxyl groups excluding tert-OH is 1. The van der Waals surface area contributed by atoms with Crippen LogP contribution < -0.4 is 5.32 Å². The van der Waals surface area contributed by atoms with Gasteiger partial charge in [0, 0.05) is 48.8 Å². The van der Waals surface area contributed by atoms with Crippen LogP contribution in [0.4, 0.5) is 0 Å². The highest BCUT2D eigenvalue weighted by Crippen LogP contribution is 2.43. The van der Waals surface area contributed by atoms with Crippen molar-refractivity contribution in [2.45, 2.75) is 49.9 Å².